The molecule has 0 aromatic carbocycles. The Kier molecular flexibility index (Phi) is 18.6. The van der Waals surface area contributed by atoms with Crippen molar-refractivity contribution in [2.45, 2.75) is 70.8 Å². The van der Waals surface area contributed by atoms with Crippen LogP contribution in [-0.4, -0.2) is 33.1 Å². The summed E-state index contributed by atoms with van der Waals surface area (Å²) in [6.45, 7) is 2.20. The number of rotatable bonds is 12. The molecule has 0 saturated heterocycles. The van der Waals surface area contributed by atoms with E-state index in [0.29, 0.717) is 12.1 Å². The van der Waals surface area contributed by atoms with Crippen LogP contribution >= 0.6 is 0 Å². The van der Waals surface area contributed by atoms with Crippen LogP contribution in [0.15, 0.2) is 18.6 Å². The molecule has 0 aliphatic carbocycles. The summed E-state index contributed by atoms with van der Waals surface area (Å²) in [6.07, 6.45) is 13.7. The van der Waals surface area contributed by atoms with Gasteiger partial charge in [0.25, 0.3) is 0 Å². The second-order valence-electron chi connectivity index (χ2n) is 5.74. The van der Waals surface area contributed by atoms with E-state index in [-0.39, 0.29) is 17.1 Å². The summed E-state index contributed by atoms with van der Waals surface area (Å²) in [5, 5.41) is 29.0. The number of carbonyl (C=O) groups excluding carboxylic acids is 2. The molecular weight excluding hydrogens is 379 g/mol. The molecule has 0 amide bonds. The molecular formula is C18H28MnN2O5. The van der Waals surface area contributed by atoms with Crippen molar-refractivity contribution in [1.82, 2.24) is 9.97 Å². The van der Waals surface area contributed by atoms with Gasteiger partial charge in [0, 0.05) is 6.20 Å². The van der Waals surface area contributed by atoms with Crippen LogP contribution in [-0.2, 0) is 26.7 Å². The molecule has 0 saturated carbocycles. The van der Waals surface area contributed by atoms with Gasteiger partial charge in [-0.2, -0.15) is 0 Å². The Morgan fingerprint density at radius 3 is 2.19 bits per heavy atom. The molecule has 1 atom stereocenters. The van der Waals surface area contributed by atoms with Crippen LogP contribution in [0.2, 0.25) is 0 Å². The number of carboxylic acids is 2. The molecule has 0 spiro atoms. The summed E-state index contributed by atoms with van der Waals surface area (Å²) in [6, 6.07) is 0. The first-order chi connectivity index (χ1) is 12.0. The third kappa shape index (κ3) is 17.2. The smallest absolute Gasteiger partial charge is 0.547 e. The molecule has 1 radical (unpaired) electrons. The van der Waals surface area contributed by atoms with Crippen molar-refractivity contribution in [3.8, 4) is 0 Å². The number of aromatic nitrogens is 2. The Bertz CT molecular complexity index is 492. The standard InChI is InChI=1S/C12H24O3.C6H6N2O2.Mn/c1-2-3-4-5-6-7-8-9-10-11(13)12(14)15;9-6(10)2-1-5-3-7-4-8-5;/h11,13H,2-10H2,1H3,(H,14,15);1-4H,(H,7,8)(H,9,10);/q;;+2/p-2. The Labute approximate surface area is 165 Å². The zero-order chi connectivity index (χ0) is 18.9. The van der Waals surface area contributed by atoms with Crippen LogP contribution < -0.4 is 10.2 Å². The van der Waals surface area contributed by atoms with E-state index >= 15 is 0 Å². The van der Waals surface area contributed by atoms with Crippen molar-refractivity contribution < 1.29 is 42.0 Å². The average Bonchev–Trinajstić information content (AvgIpc) is 3.09. The molecule has 7 nitrogen and oxygen atoms in total. The molecule has 0 aliphatic rings. The van der Waals surface area contributed by atoms with E-state index in [1.54, 1.807) is 6.20 Å². The summed E-state index contributed by atoms with van der Waals surface area (Å²) < 4.78 is 0. The number of aromatic amines is 1. The molecule has 1 aromatic heterocycles. The van der Waals surface area contributed by atoms with Gasteiger partial charge in [-0.15, -0.1) is 0 Å². The minimum absolute atomic E-state index is 0. The van der Waals surface area contributed by atoms with E-state index in [4.69, 9.17) is 5.11 Å². The Hall–Kier alpha value is -1.63. The van der Waals surface area contributed by atoms with Gasteiger partial charge in [0.05, 0.1) is 30.1 Å². The molecule has 147 valence electrons. The van der Waals surface area contributed by atoms with Crippen LogP contribution in [0.4, 0.5) is 0 Å². The maximum atomic E-state index is 10.2. The fraction of sp³-hybridized carbons (Fsp3) is 0.611. The van der Waals surface area contributed by atoms with E-state index in [1.807, 2.05) is 0 Å². The quantitative estimate of drug-likeness (QED) is 0.300. The average molecular weight is 407 g/mol. The zero-order valence-electron chi connectivity index (χ0n) is 15.2. The van der Waals surface area contributed by atoms with Crippen molar-refractivity contribution >= 4 is 18.0 Å². The fourth-order valence-corrected chi connectivity index (χ4v) is 2.11. The van der Waals surface area contributed by atoms with Crippen molar-refractivity contribution in [1.29, 1.82) is 0 Å². The molecule has 2 N–H and O–H groups in total. The van der Waals surface area contributed by atoms with E-state index in [1.165, 1.54) is 44.5 Å². The third-order valence-electron chi connectivity index (χ3n) is 3.51. The molecule has 1 rings (SSSR count). The molecule has 26 heavy (non-hydrogen) atoms. The SMILES string of the molecule is CCCCCCCCCCC(O)C(=O)[O-].O=C([O-])C=Cc1c[nH]cn1.[Mn+2]. The second-order valence-corrected chi connectivity index (χ2v) is 5.74. The van der Waals surface area contributed by atoms with Gasteiger partial charge in [0.1, 0.15) is 0 Å². The molecule has 8 heteroatoms. The monoisotopic (exact) mass is 407 g/mol. The number of aliphatic carboxylic acids is 2. The summed E-state index contributed by atoms with van der Waals surface area (Å²) >= 11 is 0. The predicted octanol–water partition coefficient (Wildman–Crippen LogP) is 0.798. The number of carbonyl (C=O) groups is 2. The van der Waals surface area contributed by atoms with Gasteiger partial charge in [-0.05, 0) is 18.6 Å². The maximum Gasteiger partial charge on any atom is 2.00 e. The molecule has 1 heterocycles. The normalized spacial score (nSPS) is 11.3. The number of aliphatic hydroxyl groups excluding tert-OH is 1. The number of hydrogen-bond acceptors (Lipinski definition) is 6. The van der Waals surface area contributed by atoms with Crippen LogP contribution in [0.1, 0.15) is 70.4 Å². The number of unbranched alkanes of at least 4 members (excludes halogenated alkanes) is 7. The van der Waals surface area contributed by atoms with Crippen LogP contribution in [0.3, 0.4) is 0 Å². The number of nitrogens with one attached hydrogen (secondary N) is 1. The van der Waals surface area contributed by atoms with E-state index in [2.05, 4.69) is 16.9 Å². The van der Waals surface area contributed by atoms with E-state index in [9.17, 15) is 19.8 Å². The number of imidazole rings is 1. The minimum Gasteiger partial charge on any atom is -0.547 e. The zero-order valence-corrected chi connectivity index (χ0v) is 16.3. The van der Waals surface area contributed by atoms with Crippen molar-refractivity contribution in [3.05, 3.63) is 24.3 Å². The maximum absolute atomic E-state index is 10.2. The molecule has 1 unspecified atom stereocenters. The topological polar surface area (TPSA) is 129 Å². The van der Waals surface area contributed by atoms with Gasteiger partial charge in [-0.1, -0.05) is 58.3 Å². The van der Waals surface area contributed by atoms with Gasteiger partial charge >= 0.3 is 17.1 Å². The number of H-pyrrole nitrogens is 1. The third-order valence-corrected chi connectivity index (χ3v) is 3.51. The minimum atomic E-state index is -1.35. The van der Waals surface area contributed by atoms with Crippen molar-refractivity contribution in [2.24, 2.45) is 0 Å². The first-order valence-electron chi connectivity index (χ1n) is 8.74. The predicted molar refractivity (Wildman–Crippen MR) is 90.9 cm³/mol. The Morgan fingerprint density at radius 1 is 1.15 bits per heavy atom. The van der Waals surface area contributed by atoms with Crippen molar-refractivity contribution in [3.63, 3.8) is 0 Å². The van der Waals surface area contributed by atoms with Gasteiger partial charge in [-0.3, -0.25) is 0 Å². The molecule has 1 aromatic rings. The summed E-state index contributed by atoms with van der Waals surface area (Å²) in [4.78, 5) is 26.5. The summed E-state index contributed by atoms with van der Waals surface area (Å²) in [7, 11) is 0. The number of hydrogen-bond donors (Lipinski definition) is 2. The molecule has 0 aliphatic heterocycles. The van der Waals surface area contributed by atoms with Crippen LogP contribution in [0.25, 0.3) is 6.08 Å². The van der Waals surface area contributed by atoms with Gasteiger partial charge in [-0.25, -0.2) is 4.98 Å². The first kappa shape index (κ1) is 26.6. The number of carboxylic acid groups (broad SMARTS) is 2. The second kappa shape index (κ2) is 18.2. The molecule has 0 bridgehead atoms. The number of nitrogens with zero attached hydrogens (tertiary/aromatic N) is 1. The van der Waals surface area contributed by atoms with Gasteiger partial charge in [0.2, 0.25) is 0 Å². The largest absolute Gasteiger partial charge is 2.00 e. The Balaban J connectivity index is 0. The fourth-order valence-electron chi connectivity index (χ4n) is 2.11. The van der Waals surface area contributed by atoms with E-state index in [0.717, 1.165) is 25.3 Å². The summed E-state index contributed by atoms with van der Waals surface area (Å²) in [5.74, 6) is -2.57. The molecule has 0 fully saturated rings. The van der Waals surface area contributed by atoms with Gasteiger partial charge in [0.15, 0.2) is 0 Å². The van der Waals surface area contributed by atoms with Gasteiger partial charge < -0.3 is 29.9 Å². The van der Waals surface area contributed by atoms with Crippen LogP contribution in [0.5, 0.6) is 0 Å². The van der Waals surface area contributed by atoms with Crippen LogP contribution in [0, 0.1) is 0 Å². The van der Waals surface area contributed by atoms with E-state index < -0.39 is 18.0 Å². The summed E-state index contributed by atoms with van der Waals surface area (Å²) in [5.41, 5.74) is 0.573. The Morgan fingerprint density at radius 2 is 1.73 bits per heavy atom. The number of aliphatic hydroxyl groups is 1. The van der Waals surface area contributed by atoms with Crippen molar-refractivity contribution in [2.75, 3.05) is 0 Å². The first-order valence-corrected chi connectivity index (χ1v) is 8.74.